The van der Waals surface area contributed by atoms with Gasteiger partial charge in [0.05, 0.1) is 11.0 Å². The van der Waals surface area contributed by atoms with Crippen LogP contribution in [0.15, 0.2) is 53.4 Å². The maximum absolute atomic E-state index is 11.7. The highest BCUT2D eigenvalue weighted by molar-refractivity contribution is 7.89. The van der Waals surface area contributed by atoms with E-state index in [1.54, 1.807) is 24.3 Å². The molecule has 0 spiro atoms. The second kappa shape index (κ2) is 7.90. The molecule has 2 aromatic rings. The van der Waals surface area contributed by atoms with E-state index in [1.165, 1.54) is 7.05 Å². The predicted molar refractivity (Wildman–Crippen MR) is 95.2 cm³/mol. The van der Waals surface area contributed by atoms with Gasteiger partial charge in [0.1, 0.15) is 0 Å². The summed E-state index contributed by atoms with van der Waals surface area (Å²) in [5, 5.41) is 13.5. The summed E-state index contributed by atoms with van der Waals surface area (Å²) in [4.78, 5) is 0.237. The van der Waals surface area contributed by atoms with Crippen molar-refractivity contribution in [3.8, 4) is 0 Å². The van der Waals surface area contributed by atoms with Gasteiger partial charge < -0.3 is 10.4 Å². The highest BCUT2D eigenvalue weighted by atomic mass is 32.2. The molecule has 2 aromatic carbocycles. The Hall–Kier alpha value is -1.73. The Morgan fingerprint density at radius 3 is 2.08 bits per heavy atom. The summed E-state index contributed by atoms with van der Waals surface area (Å²) in [6.45, 7) is 4.40. The fourth-order valence-electron chi connectivity index (χ4n) is 2.37. The van der Waals surface area contributed by atoms with E-state index in [9.17, 15) is 13.5 Å². The van der Waals surface area contributed by atoms with Gasteiger partial charge in [-0.25, -0.2) is 13.1 Å². The van der Waals surface area contributed by atoms with Gasteiger partial charge in [-0.1, -0.05) is 42.0 Å². The first-order valence-electron chi connectivity index (χ1n) is 7.85. The minimum Gasteiger partial charge on any atom is -0.387 e. The molecule has 24 heavy (non-hydrogen) atoms. The number of aliphatic hydroxyl groups excluding tert-OH is 1. The van der Waals surface area contributed by atoms with Crippen LogP contribution in [0.2, 0.25) is 0 Å². The topological polar surface area (TPSA) is 78.4 Å². The van der Waals surface area contributed by atoms with Crippen LogP contribution in [0.3, 0.4) is 0 Å². The standard InChI is InChI=1S/C18H24N2O3S/c1-13-4-6-16(7-5-13)18(21)12-20-14(2)15-8-10-17(11-9-15)24(22,23)19-3/h4-11,14,18-21H,12H2,1-3H3. The van der Waals surface area contributed by atoms with Crippen LogP contribution in [0, 0.1) is 6.92 Å². The summed E-state index contributed by atoms with van der Waals surface area (Å²) in [5.74, 6) is 0. The monoisotopic (exact) mass is 348 g/mol. The quantitative estimate of drug-likeness (QED) is 0.717. The number of benzene rings is 2. The average molecular weight is 348 g/mol. The van der Waals surface area contributed by atoms with E-state index in [-0.39, 0.29) is 10.9 Å². The summed E-state index contributed by atoms with van der Waals surface area (Å²) < 4.78 is 25.7. The van der Waals surface area contributed by atoms with Gasteiger partial charge in [0, 0.05) is 12.6 Å². The molecule has 0 aromatic heterocycles. The number of nitrogens with one attached hydrogen (secondary N) is 2. The molecular formula is C18H24N2O3S. The maximum Gasteiger partial charge on any atom is 0.240 e. The predicted octanol–water partition coefficient (Wildman–Crippen LogP) is 2.29. The second-order valence-corrected chi connectivity index (χ2v) is 7.72. The van der Waals surface area contributed by atoms with E-state index in [2.05, 4.69) is 10.0 Å². The summed E-state index contributed by atoms with van der Waals surface area (Å²) in [7, 11) is -2.03. The number of rotatable bonds is 7. The lowest BCUT2D eigenvalue weighted by molar-refractivity contribution is 0.171. The van der Waals surface area contributed by atoms with Crippen molar-refractivity contribution in [3.63, 3.8) is 0 Å². The smallest absolute Gasteiger partial charge is 0.240 e. The molecule has 2 unspecified atom stereocenters. The van der Waals surface area contributed by atoms with Crippen LogP contribution in [0.5, 0.6) is 0 Å². The molecule has 0 bridgehead atoms. The number of aliphatic hydroxyl groups is 1. The molecule has 0 aliphatic carbocycles. The van der Waals surface area contributed by atoms with Gasteiger partial charge >= 0.3 is 0 Å². The third-order valence-electron chi connectivity index (χ3n) is 4.04. The zero-order chi connectivity index (χ0) is 17.7. The van der Waals surface area contributed by atoms with Crippen molar-refractivity contribution < 1.29 is 13.5 Å². The van der Waals surface area contributed by atoms with Crippen molar-refractivity contribution in [2.45, 2.75) is 30.9 Å². The fraction of sp³-hybridized carbons (Fsp3) is 0.333. The highest BCUT2D eigenvalue weighted by Crippen LogP contribution is 2.18. The van der Waals surface area contributed by atoms with Crippen LogP contribution in [0.25, 0.3) is 0 Å². The molecule has 0 aliphatic heterocycles. The summed E-state index contributed by atoms with van der Waals surface area (Å²) in [6.07, 6.45) is -0.586. The van der Waals surface area contributed by atoms with Crippen molar-refractivity contribution in [3.05, 3.63) is 65.2 Å². The number of sulfonamides is 1. The van der Waals surface area contributed by atoms with Crippen LogP contribution in [0.4, 0.5) is 0 Å². The Labute approximate surface area is 143 Å². The first-order valence-corrected chi connectivity index (χ1v) is 9.33. The normalized spacial score (nSPS) is 14.3. The minimum atomic E-state index is -3.42. The van der Waals surface area contributed by atoms with Gasteiger partial charge in [0.15, 0.2) is 0 Å². The second-order valence-electron chi connectivity index (χ2n) is 5.83. The Balaban J connectivity index is 1.97. The molecule has 2 atom stereocenters. The van der Waals surface area contributed by atoms with E-state index in [1.807, 2.05) is 38.1 Å². The summed E-state index contributed by atoms with van der Waals surface area (Å²) >= 11 is 0. The Morgan fingerprint density at radius 1 is 1.00 bits per heavy atom. The molecule has 0 aliphatic rings. The van der Waals surface area contributed by atoms with E-state index < -0.39 is 16.1 Å². The van der Waals surface area contributed by atoms with Crippen LogP contribution in [-0.4, -0.2) is 27.1 Å². The Morgan fingerprint density at radius 2 is 1.54 bits per heavy atom. The number of hydrogen-bond donors (Lipinski definition) is 3. The van der Waals surface area contributed by atoms with Crippen LogP contribution in [-0.2, 0) is 10.0 Å². The number of aryl methyl sites for hydroxylation is 1. The molecule has 0 radical (unpaired) electrons. The average Bonchev–Trinajstić information content (AvgIpc) is 2.60. The Kier molecular flexibility index (Phi) is 6.12. The molecule has 0 saturated carbocycles. The fourth-order valence-corrected chi connectivity index (χ4v) is 3.10. The molecule has 0 saturated heterocycles. The minimum absolute atomic E-state index is 0.00330. The lowest BCUT2D eigenvalue weighted by Crippen LogP contribution is -2.25. The van der Waals surface area contributed by atoms with Crippen LogP contribution in [0.1, 0.15) is 35.8 Å². The van der Waals surface area contributed by atoms with Crippen molar-refractivity contribution in [2.75, 3.05) is 13.6 Å². The molecule has 6 heteroatoms. The third-order valence-corrected chi connectivity index (χ3v) is 5.47. The van der Waals surface area contributed by atoms with Gasteiger partial charge in [0.2, 0.25) is 10.0 Å². The zero-order valence-corrected chi connectivity index (χ0v) is 15.0. The van der Waals surface area contributed by atoms with E-state index >= 15 is 0 Å². The summed E-state index contributed by atoms with van der Waals surface area (Å²) in [5.41, 5.74) is 2.99. The van der Waals surface area contributed by atoms with Crippen molar-refractivity contribution in [2.24, 2.45) is 0 Å². The molecule has 0 fully saturated rings. The van der Waals surface area contributed by atoms with Gasteiger partial charge in [-0.15, -0.1) is 0 Å². The maximum atomic E-state index is 11.7. The third kappa shape index (κ3) is 4.64. The Bertz CT molecular complexity index is 756. The van der Waals surface area contributed by atoms with Gasteiger partial charge in [-0.3, -0.25) is 0 Å². The first kappa shape index (κ1) is 18.6. The largest absolute Gasteiger partial charge is 0.387 e. The molecule has 130 valence electrons. The van der Waals surface area contributed by atoms with E-state index in [0.717, 1.165) is 16.7 Å². The van der Waals surface area contributed by atoms with Crippen molar-refractivity contribution >= 4 is 10.0 Å². The van der Waals surface area contributed by atoms with Gasteiger partial charge in [0.25, 0.3) is 0 Å². The van der Waals surface area contributed by atoms with E-state index in [0.29, 0.717) is 6.54 Å². The molecule has 0 heterocycles. The van der Waals surface area contributed by atoms with Gasteiger partial charge in [-0.2, -0.15) is 0 Å². The van der Waals surface area contributed by atoms with E-state index in [4.69, 9.17) is 0 Å². The number of hydrogen-bond acceptors (Lipinski definition) is 4. The SMILES string of the molecule is CNS(=O)(=O)c1ccc(C(C)NCC(O)c2ccc(C)cc2)cc1. The zero-order valence-electron chi connectivity index (χ0n) is 14.2. The molecule has 5 nitrogen and oxygen atoms in total. The first-order chi connectivity index (χ1) is 11.3. The van der Waals surface area contributed by atoms with Gasteiger partial charge in [-0.05, 0) is 44.2 Å². The lowest BCUT2D eigenvalue weighted by atomic mass is 10.1. The highest BCUT2D eigenvalue weighted by Gasteiger charge is 2.13. The molecule has 0 amide bonds. The van der Waals surface area contributed by atoms with Crippen molar-refractivity contribution in [1.29, 1.82) is 0 Å². The molecule has 3 N–H and O–H groups in total. The molecule has 2 rings (SSSR count). The van der Waals surface area contributed by atoms with Crippen LogP contribution >= 0.6 is 0 Å². The van der Waals surface area contributed by atoms with Crippen LogP contribution < -0.4 is 10.0 Å². The summed E-state index contributed by atoms with van der Waals surface area (Å²) in [6, 6.07) is 14.5. The van der Waals surface area contributed by atoms with Crippen molar-refractivity contribution in [1.82, 2.24) is 10.0 Å². The molecular weight excluding hydrogens is 324 g/mol. The lowest BCUT2D eigenvalue weighted by Gasteiger charge is -2.18.